The Kier molecular flexibility index (Phi) is 6.71. The molecule has 1 N–H and O–H groups in total. The highest BCUT2D eigenvalue weighted by Gasteiger charge is 2.10. The second-order valence-corrected chi connectivity index (χ2v) is 7.49. The maximum atomic E-state index is 12.1. The zero-order chi connectivity index (χ0) is 19.9. The van der Waals surface area contributed by atoms with Crippen LogP contribution in [0.25, 0.3) is 5.69 Å². The van der Waals surface area contributed by atoms with Gasteiger partial charge >= 0.3 is 0 Å². The highest BCUT2D eigenvalue weighted by Crippen LogP contribution is 2.21. The number of aromatic nitrogens is 3. The number of carbonyl (C=O) groups is 1. The quantitative estimate of drug-likeness (QED) is 0.466. The summed E-state index contributed by atoms with van der Waals surface area (Å²) in [6.45, 7) is 7.06. The van der Waals surface area contributed by atoms with Crippen molar-refractivity contribution < 1.29 is 9.53 Å². The zero-order valence-electron chi connectivity index (χ0n) is 16.3. The van der Waals surface area contributed by atoms with Gasteiger partial charge in [-0.25, -0.2) is 0 Å². The molecule has 0 aliphatic heterocycles. The smallest absolute Gasteiger partial charge is 0.230 e. The monoisotopic (exact) mass is 396 g/mol. The van der Waals surface area contributed by atoms with E-state index in [9.17, 15) is 4.79 Å². The molecule has 6 nitrogen and oxygen atoms in total. The SMILES string of the molecule is Cc1ccc(OCCNC(=O)CSc2nncn2-c2ccc(C)c(C)c2)cc1. The summed E-state index contributed by atoms with van der Waals surface area (Å²) in [5.74, 6) is 1.01. The molecule has 1 heterocycles. The highest BCUT2D eigenvalue weighted by atomic mass is 32.2. The first-order chi connectivity index (χ1) is 13.5. The molecule has 2 aromatic carbocycles. The zero-order valence-corrected chi connectivity index (χ0v) is 17.1. The molecule has 0 saturated carbocycles. The number of hydrogen-bond acceptors (Lipinski definition) is 5. The van der Waals surface area contributed by atoms with Crippen LogP contribution in [0.3, 0.4) is 0 Å². The number of amides is 1. The molecule has 0 fully saturated rings. The van der Waals surface area contributed by atoms with Crippen LogP contribution >= 0.6 is 11.8 Å². The molecule has 7 heteroatoms. The van der Waals surface area contributed by atoms with Crippen molar-refractivity contribution in [3.8, 4) is 11.4 Å². The molecule has 0 unspecified atom stereocenters. The Bertz CT molecular complexity index is 938. The lowest BCUT2D eigenvalue weighted by atomic mass is 10.1. The van der Waals surface area contributed by atoms with Gasteiger partial charge in [0.05, 0.1) is 12.3 Å². The Morgan fingerprint density at radius 2 is 1.89 bits per heavy atom. The number of thioether (sulfide) groups is 1. The predicted molar refractivity (Wildman–Crippen MR) is 111 cm³/mol. The highest BCUT2D eigenvalue weighted by molar-refractivity contribution is 7.99. The minimum absolute atomic E-state index is 0.0628. The summed E-state index contributed by atoms with van der Waals surface area (Å²) >= 11 is 1.36. The molecule has 0 aliphatic carbocycles. The molecule has 28 heavy (non-hydrogen) atoms. The normalized spacial score (nSPS) is 10.7. The van der Waals surface area contributed by atoms with Crippen molar-refractivity contribution in [2.75, 3.05) is 18.9 Å². The maximum absolute atomic E-state index is 12.1. The van der Waals surface area contributed by atoms with Crippen molar-refractivity contribution in [3.63, 3.8) is 0 Å². The molecule has 0 bridgehead atoms. The lowest BCUT2D eigenvalue weighted by molar-refractivity contribution is -0.118. The van der Waals surface area contributed by atoms with Gasteiger partial charge in [-0.1, -0.05) is 35.5 Å². The van der Waals surface area contributed by atoms with Crippen molar-refractivity contribution in [3.05, 3.63) is 65.5 Å². The fraction of sp³-hybridized carbons (Fsp3) is 0.286. The van der Waals surface area contributed by atoms with Crippen LogP contribution in [0.1, 0.15) is 16.7 Å². The van der Waals surface area contributed by atoms with Crippen LogP contribution < -0.4 is 10.1 Å². The Hall–Kier alpha value is -2.80. The van der Waals surface area contributed by atoms with E-state index >= 15 is 0 Å². The fourth-order valence-electron chi connectivity index (χ4n) is 2.55. The van der Waals surface area contributed by atoms with E-state index in [-0.39, 0.29) is 11.7 Å². The molecule has 0 saturated heterocycles. The number of nitrogens with zero attached hydrogens (tertiary/aromatic N) is 3. The second-order valence-electron chi connectivity index (χ2n) is 6.55. The van der Waals surface area contributed by atoms with E-state index < -0.39 is 0 Å². The van der Waals surface area contributed by atoms with E-state index in [1.807, 2.05) is 41.8 Å². The lowest BCUT2D eigenvalue weighted by Crippen LogP contribution is -2.29. The van der Waals surface area contributed by atoms with Gasteiger partial charge in [-0.05, 0) is 56.2 Å². The third-order valence-corrected chi connectivity index (χ3v) is 5.27. The van der Waals surface area contributed by atoms with E-state index in [0.717, 1.165) is 11.4 Å². The average Bonchev–Trinajstić information content (AvgIpc) is 3.16. The summed E-state index contributed by atoms with van der Waals surface area (Å²) in [5.41, 5.74) is 4.61. The van der Waals surface area contributed by atoms with Crippen LogP contribution in [0.5, 0.6) is 5.75 Å². The number of nitrogens with one attached hydrogen (secondary N) is 1. The Morgan fingerprint density at radius 1 is 1.11 bits per heavy atom. The van der Waals surface area contributed by atoms with Crippen LogP contribution in [0.15, 0.2) is 53.9 Å². The number of aryl methyl sites for hydroxylation is 3. The summed E-state index contributed by atoms with van der Waals surface area (Å²) in [6, 6.07) is 14.0. The van der Waals surface area contributed by atoms with Gasteiger partial charge in [-0.3, -0.25) is 9.36 Å². The van der Waals surface area contributed by atoms with Gasteiger partial charge in [-0.15, -0.1) is 10.2 Å². The molecule has 3 rings (SSSR count). The van der Waals surface area contributed by atoms with Gasteiger partial charge < -0.3 is 10.1 Å². The topological polar surface area (TPSA) is 69.0 Å². The summed E-state index contributed by atoms with van der Waals surface area (Å²) in [4.78, 5) is 12.1. The largest absolute Gasteiger partial charge is 0.492 e. The first kappa shape index (κ1) is 19.9. The minimum Gasteiger partial charge on any atom is -0.492 e. The van der Waals surface area contributed by atoms with Crippen molar-refractivity contribution in [2.24, 2.45) is 0 Å². The summed E-state index contributed by atoms with van der Waals surface area (Å²) < 4.78 is 7.51. The molecule has 3 aromatic rings. The number of benzene rings is 2. The van der Waals surface area contributed by atoms with Gasteiger partial charge in [0.1, 0.15) is 18.7 Å². The van der Waals surface area contributed by atoms with Crippen molar-refractivity contribution in [2.45, 2.75) is 25.9 Å². The average molecular weight is 397 g/mol. The lowest BCUT2D eigenvalue weighted by Gasteiger charge is -2.09. The van der Waals surface area contributed by atoms with Crippen molar-refractivity contribution in [1.82, 2.24) is 20.1 Å². The van der Waals surface area contributed by atoms with E-state index in [1.165, 1.54) is 28.5 Å². The summed E-state index contributed by atoms with van der Waals surface area (Å²) in [6.07, 6.45) is 1.67. The minimum atomic E-state index is -0.0628. The van der Waals surface area contributed by atoms with E-state index in [0.29, 0.717) is 18.3 Å². The first-order valence-corrected chi connectivity index (χ1v) is 10.1. The molecule has 0 radical (unpaired) electrons. The number of rotatable bonds is 8. The number of carbonyl (C=O) groups excluding carboxylic acids is 1. The van der Waals surface area contributed by atoms with Gasteiger partial charge in [0.15, 0.2) is 5.16 Å². The van der Waals surface area contributed by atoms with E-state index in [2.05, 4.69) is 41.5 Å². The van der Waals surface area contributed by atoms with Crippen molar-refractivity contribution in [1.29, 1.82) is 0 Å². The van der Waals surface area contributed by atoms with Gasteiger partial charge in [0, 0.05) is 5.69 Å². The van der Waals surface area contributed by atoms with Crippen molar-refractivity contribution >= 4 is 17.7 Å². The Morgan fingerprint density at radius 3 is 2.64 bits per heavy atom. The van der Waals surface area contributed by atoms with Crippen LogP contribution in [-0.2, 0) is 4.79 Å². The van der Waals surface area contributed by atoms with Gasteiger partial charge in [0.2, 0.25) is 5.91 Å². The second kappa shape index (κ2) is 9.41. The molecule has 0 aliphatic rings. The Labute approximate surface area is 169 Å². The predicted octanol–water partition coefficient (Wildman–Crippen LogP) is 3.48. The van der Waals surface area contributed by atoms with Crippen LogP contribution in [-0.4, -0.2) is 39.6 Å². The third-order valence-electron chi connectivity index (χ3n) is 4.33. The third kappa shape index (κ3) is 5.36. The standard InChI is InChI=1S/C21H24N4O2S/c1-15-4-8-19(9-5-15)27-11-10-22-20(26)13-28-21-24-23-14-25(21)18-7-6-16(2)17(3)12-18/h4-9,12,14H,10-11,13H2,1-3H3,(H,22,26). The molecule has 1 aromatic heterocycles. The van der Waals surface area contributed by atoms with E-state index in [1.54, 1.807) is 6.33 Å². The first-order valence-electron chi connectivity index (χ1n) is 9.09. The molecule has 1 amide bonds. The summed E-state index contributed by atoms with van der Waals surface area (Å²) in [5, 5.41) is 11.7. The van der Waals surface area contributed by atoms with E-state index in [4.69, 9.17) is 4.74 Å². The van der Waals surface area contributed by atoms with Crippen LogP contribution in [0, 0.1) is 20.8 Å². The number of ether oxygens (including phenoxy) is 1. The van der Waals surface area contributed by atoms with Gasteiger partial charge in [0.25, 0.3) is 0 Å². The van der Waals surface area contributed by atoms with Crippen LogP contribution in [0.2, 0.25) is 0 Å². The maximum Gasteiger partial charge on any atom is 0.230 e. The van der Waals surface area contributed by atoms with Crippen LogP contribution in [0.4, 0.5) is 0 Å². The molecule has 146 valence electrons. The molecular weight excluding hydrogens is 372 g/mol. The number of hydrogen-bond donors (Lipinski definition) is 1. The fourth-order valence-corrected chi connectivity index (χ4v) is 3.31. The molecule has 0 spiro atoms. The van der Waals surface area contributed by atoms with Gasteiger partial charge in [-0.2, -0.15) is 0 Å². The summed E-state index contributed by atoms with van der Waals surface area (Å²) in [7, 11) is 0. The molecular formula is C21H24N4O2S. The molecule has 0 atom stereocenters. The Balaban J connectivity index is 1.45.